The summed E-state index contributed by atoms with van der Waals surface area (Å²) in [6.07, 6.45) is 0. The predicted octanol–water partition coefficient (Wildman–Crippen LogP) is 11.4. The van der Waals surface area contributed by atoms with E-state index in [2.05, 4.69) is 145 Å². The Hall–Kier alpha value is -4.92. The van der Waals surface area contributed by atoms with E-state index in [1.54, 1.807) is 0 Å². The fraction of sp³-hybridized carbons (Fsp3) is 0.0256. The maximum atomic E-state index is 2.42. The molecule has 1 nitrogen and oxygen atoms in total. The highest BCUT2D eigenvalue weighted by atomic mass is 32.1. The van der Waals surface area contributed by atoms with Gasteiger partial charge in [0.1, 0.15) is 0 Å². The number of thiophene rings is 1. The molecule has 0 spiro atoms. The minimum Gasteiger partial charge on any atom is -0.309 e. The first-order valence-corrected chi connectivity index (χ1v) is 14.9. The zero-order chi connectivity index (χ0) is 27.1. The molecule has 0 aliphatic carbocycles. The van der Waals surface area contributed by atoms with E-state index in [1.807, 2.05) is 11.3 Å². The quantitative estimate of drug-likeness (QED) is 0.193. The molecule has 0 unspecified atom stereocenters. The van der Waals surface area contributed by atoms with Gasteiger partial charge in [-0.15, -0.1) is 11.3 Å². The molecule has 0 fully saturated rings. The van der Waals surface area contributed by atoms with Crippen LogP contribution < -0.4 is 0 Å². The molecule has 0 radical (unpaired) electrons. The van der Waals surface area contributed by atoms with Crippen LogP contribution in [0.25, 0.3) is 80.3 Å². The first-order valence-electron chi connectivity index (χ1n) is 14.1. The van der Waals surface area contributed by atoms with E-state index < -0.39 is 0 Å². The molecular formula is C39H25NS. The van der Waals surface area contributed by atoms with Crippen molar-refractivity contribution < 1.29 is 0 Å². The first kappa shape index (κ1) is 22.9. The van der Waals surface area contributed by atoms with Crippen LogP contribution in [0.5, 0.6) is 0 Å². The monoisotopic (exact) mass is 539 g/mol. The summed E-state index contributed by atoms with van der Waals surface area (Å²) in [6.45, 7) is 2.17. The van der Waals surface area contributed by atoms with Gasteiger partial charge in [0.05, 0.1) is 11.0 Å². The van der Waals surface area contributed by atoms with Crippen LogP contribution >= 0.6 is 11.3 Å². The van der Waals surface area contributed by atoms with Crippen LogP contribution in [0.4, 0.5) is 0 Å². The topological polar surface area (TPSA) is 4.93 Å². The van der Waals surface area contributed by atoms with Gasteiger partial charge in [-0.2, -0.15) is 0 Å². The Labute approximate surface area is 241 Å². The predicted molar refractivity (Wildman–Crippen MR) is 179 cm³/mol. The summed E-state index contributed by atoms with van der Waals surface area (Å²) in [7, 11) is 0. The van der Waals surface area contributed by atoms with Gasteiger partial charge in [0.2, 0.25) is 0 Å². The average Bonchev–Trinajstić information content (AvgIpc) is 3.55. The number of para-hydroxylation sites is 1. The van der Waals surface area contributed by atoms with Gasteiger partial charge in [-0.3, -0.25) is 0 Å². The Kier molecular flexibility index (Phi) is 4.76. The van der Waals surface area contributed by atoms with E-state index in [-0.39, 0.29) is 0 Å². The lowest BCUT2D eigenvalue weighted by Crippen LogP contribution is -1.94. The number of hydrogen-bond donors (Lipinski definition) is 0. The molecule has 9 rings (SSSR count). The zero-order valence-corrected chi connectivity index (χ0v) is 23.4. The number of hydrogen-bond acceptors (Lipinski definition) is 1. The van der Waals surface area contributed by atoms with Crippen LogP contribution in [0.3, 0.4) is 0 Å². The molecule has 0 aliphatic rings. The third-order valence-electron chi connectivity index (χ3n) is 8.62. The number of aromatic nitrogens is 1. The van der Waals surface area contributed by atoms with Crippen LogP contribution in [0.2, 0.25) is 0 Å². The molecule has 9 aromatic rings. The highest BCUT2D eigenvalue weighted by Gasteiger charge is 2.15. The van der Waals surface area contributed by atoms with Crippen molar-refractivity contribution in [2.45, 2.75) is 6.92 Å². The number of fused-ring (bicyclic) bond motifs is 9. The van der Waals surface area contributed by atoms with Crippen molar-refractivity contribution in [3.63, 3.8) is 0 Å². The Balaban J connectivity index is 1.27. The van der Waals surface area contributed by atoms with Gasteiger partial charge in [-0.05, 0) is 93.7 Å². The largest absolute Gasteiger partial charge is 0.309 e. The molecule has 0 N–H and O–H groups in total. The normalized spacial score (nSPS) is 12.0. The summed E-state index contributed by atoms with van der Waals surface area (Å²) in [5.74, 6) is 0. The molecule has 192 valence electrons. The van der Waals surface area contributed by atoms with Gasteiger partial charge in [-0.25, -0.2) is 0 Å². The third-order valence-corrected chi connectivity index (χ3v) is 9.75. The van der Waals surface area contributed by atoms with Crippen LogP contribution in [0.1, 0.15) is 5.56 Å². The number of rotatable bonds is 2. The molecule has 0 aliphatic heterocycles. The van der Waals surface area contributed by atoms with Gasteiger partial charge in [-0.1, -0.05) is 84.9 Å². The van der Waals surface area contributed by atoms with Crippen molar-refractivity contribution in [1.29, 1.82) is 0 Å². The maximum Gasteiger partial charge on any atom is 0.0541 e. The standard InChI is InChI=1S/C39H25NS/c1-24-10-17-32-35-22-28(15-19-38(35)41-39(32)20-24)27-14-18-37-34(21-27)31-8-4-5-9-36(31)40(37)29-16-13-26-12-11-25-6-2-3-7-30(25)33(26)23-29/h2-23H,1H3. The smallest absolute Gasteiger partial charge is 0.0541 e. The van der Waals surface area contributed by atoms with Gasteiger partial charge in [0.15, 0.2) is 0 Å². The summed E-state index contributed by atoms with van der Waals surface area (Å²) < 4.78 is 5.13. The molecule has 0 amide bonds. The molecule has 0 atom stereocenters. The number of benzene rings is 7. The summed E-state index contributed by atoms with van der Waals surface area (Å²) in [5.41, 5.74) is 7.47. The van der Waals surface area contributed by atoms with Gasteiger partial charge in [0, 0.05) is 36.6 Å². The van der Waals surface area contributed by atoms with E-state index in [9.17, 15) is 0 Å². The Bertz CT molecular complexity index is 2490. The van der Waals surface area contributed by atoms with E-state index in [1.165, 1.54) is 85.9 Å². The van der Waals surface area contributed by atoms with Crippen molar-refractivity contribution in [3.8, 4) is 16.8 Å². The molecule has 2 heterocycles. The second-order valence-corrected chi connectivity index (χ2v) is 12.2. The van der Waals surface area contributed by atoms with Crippen LogP contribution in [-0.4, -0.2) is 4.57 Å². The van der Waals surface area contributed by atoms with E-state index >= 15 is 0 Å². The third kappa shape index (κ3) is 3.41. The highest BCUT2D eigenvalue weighted by molar-refractivity contribution is 7.25. The Morgan fingerprint density at radius 2 is 1.15 bits per heavy atom. The molecular weight excluding hydrogens is 515 g/mol. The lowest BCUT2D eigenvalue weighted by Gasteiger charge is -2.11. The van der Waals surface area contributed by atoms with Crippen molar-refractivity contribution >= 4 is 74.9 Å². The fourth-order valence-corrected chi connectivity index (χ4v) is 7.81. The fourth-order valence-electron chi connectivity index (χ4n) is 6.62. The lowest BCUT2D eigenvalue weighted by atomic mass is 10.0. The van der Waals surface area contributed by atoms with E-state index in [4.69, 9.17) is 0 Å². The molecule has 0 saturated heterocycles. The van der Waals surface area contributed by atoms with Gasteiger partial charge >= 0.3 is 0 Å². The summed E-state index contributed by atoms with van der Waals surface area (Å²) >= 11 is 1.88. The minimum absolute atomic E-state index is 1.19. The minimum atomic E-state index is 1.19. The molecule has 2 aromatic heterocycles. The molecule has 7 aromatic carbocycles. The van der Waals surface area contributed by atoms with Crippen molar-refractivity contribution in [2.24, 2.45) is 0 Å². The SMILES string of the molecule is Cc1ccc2c(c1)sc1ccc(-c3ccc4c(c3)c3ccccc3n4-c3ccc4ccc5ccccc5c4c3)cc12. The molecule has 0 saturated carbocycles. The second kappa shape index (κ2) is 8.54. The highest BCUT2D eigenvalue weighted by Crippen LogP contribution is 2.39. The van der Waals surface area contributed by atoms with Crippen molar-refractivity contribution in [1.82, 2.24) is 4.57 Å². The summed E-state index contributed by atoms with van der Waals surface area (Å²) in [5, 5.41) is 10.4. The van der Waals surface area contributed by atoms with E-state index in [0.29, 0.717) is 0 Å². The Morgan fingerprint density at radius 3 is 2.05 bits per heavy atom. The van der Waals surface area contributed by atoms with Gasteiger partial charge < -0.3 is 4.57 Å². The maximum absolute atomic E-state index is 2.42. The molecule has 0 bridgehead atoms. The number of aryl methyl sites for hydroxylation is 1. The number of nitrogens with zero attached hydrogens (tertiary/aromatic N) is 1. The molecule has 2 heteroatoms. The van der Waals surface area contributed by atoms with Crippen LogP contribution in [-0.2, 0) is 0 Å². The van der Waals surface area contributed by atoms with Gasteiger partial charge in [0.25, 0.3) is 0 Å². The summed E-state index contributed by atoms with van der Waals surface area (Å²) in [6, 6.07) is 49.5. The molecule has 41 heavy (non-hydrogen) atoms. The summed E-state index contributed by atoms with van der Waals surface area (Å²) in [4.78, 5) is 0. The first-order chi connectivity index (χ1) is 20.2. The Morgan fingerprint density at radius 1 is 0.439 bits per heavy atom. The van der Waals surface area contributed by atoms with Crippen molar-refractivity contribution in [3.05, 3.63) is 139 Å². The zero-order valence-electron chi connectivity index (χ0n) is 22.6. The average molecular weight is 540 g/mol. The van der Waals surface area contributed by atoms with E-state index in [0.717, 1.165) is 0 Å². The van der Waals surface area contributed by atoms with Crippen LogP contribution in [0, 0.1) is 6.92 Å². The lowest BCUT2D eigenvalue weighted by molar-refractivity contribution is 1.19. The van der Waals surface area contributed by atoms with Crippen LogP contribution in [0.15, 0.2) is 133 Å². The van der Waals surface area contributed by atoms with Crippen molar-refractivity contribution in [2.75, 3.05) is 0 Å². The second-order valence-electron chi connectivity index (χ2n) is 11.1.